The van der Waals surface area contributed by atoms with Gasteiger partial charge in [-0.1, -0.05) is 41.4 Å². The Bertz CT molecular complexity index is 1350. The van der Waals surface area contributed by atoms with Crippen LogP contribution in [0, 0.1) is 6.92 Å². The van der Waals surface area contributed by atoms with Crippen LogP contribution in [0.1, 0.15) is 29.7 Å². The lowest BCUT2D eigenvalue weighted by molar-refractivity contribution is -0.132. The third-order valence-corrected chi connectivity index (χ3v) is 6.27. The van der Waals surface area contributed by atoms with Gasteiger partial charge in [0.1, 0.15) is 23.0 Å². The van der Waals surface area contributed by atoms with Crippen molar-refractivity contribution in [1.82, 2.24) is 0 Å². The summed E-state index contributed by atoms with van der Waals surface area (Å²) in [5.41, 5.74) is 2.20. The fraction of sp³-hybridized carbons (Fsp3) is 0.214. The molecule has 36 heavy (non-hydrogen) atoms. The summed E-state index contributed by atoms with van der Waals surface area (Å²) in [7, 11) is 2.88. The Morgan fingerprint density at radius 2 is 1.69 bits per heavy atom. The Morgan fingerprint density at radius 3 is 2.33 bits per heavy atom. The molecule has 1 unspecified atom stereocenters. The number of Topliss-reactive ketones (excluding diaryl/α,β-unsaturated/α-hetero) is 1. The van der Waals surface area contributed by atoms with Crippen molar-refractivity contribution < 1.29 is 28.9 Å². The highest BCUT2D eigenvalue weighted by molar-refractivity contribution is 6.51. The summed E-state index contributed by atoms with van der Waals surface area (Å²) >= 11 is 6.33. The maximum atomic E-state index is 13.4. The van der Waals surface area contributed by atoms with Gasteiger partial charge in [0, 0.05) is 11.8 Å². The minimum absolute atomic E-state index is 0.0891. The minimum atomic E-state index is -0.918. The van der Waals surface area contributed by atoms with E-state index in [1.54, 1.807) is 36.4 Å². The number of methoxy groups -OCH3 is 2. The molecule has 1 saturated heterocycles. The molecule has 1 amide bonds. The maximum Gasteiger partial charge on any atom is 0.300 e. The summed E-state index contributed by atoms with van der Waals surface area (Å²) in [4.78, 5) is 28.2. The van der Waals surface area contributed by atoms with Crippen molar-refractivity contribution in [2.24, 2.45) is 0 Å². The molecule has 1 aliphatic rings. The number of carbonyl (C=O) groups is 2. The van der Waals surface area contributed by atoms with Crippen molar-refractivity contribution in [3.8, 4) is 17.2 Å². The van der Waals surface area contributed by atoms with Crippen LogP contribution in [0.4, 0.5) is 5.69 Å². The second-order valence-electron chi connectivity index (χ2n) is 8.20. The number of hydrogen-bond donors (Lipinski definition) is 1. The van der Waals surface area contributed by atoms with Gasteiger partial charge in [0.25, 0.3) is 11.7 Å². The molecule has 186 valence electrons. The van der Waals surface area contributed by atoms with Crippen molar-refractivity contribution >= 4 is 34.7 Å². The van der Waals surface area contributed by atoms with Gasteiger partial charge in [-0.25, -0.2) is 0 Å². The average Bonchev–Trinajstić information content (AvgIpc) is 3.14. The number of halogens is 1. The van der Waals surface area contributed by atoms with E-state index in [1.165, 1.54) is 31.3 Å². The summed E-state index contributed by atoms with van der Waals surface area (Å²) in [5, 5.41) is 11.7. The first-order valence-electron chi connectivity index (χ1n) is 11.3. The maximum absolute atomic E-state index is 13.4. The standard InChI is InChI=1S/C28H26ClNO6/c1-5-36-19-8-6-7-17(13-19)25-24(26(31)20-14-21(29)23(35-4)15-22(20)34-3)27(32)28(33)30(25)18-11-9-16(2)10-12-18/h6-15,25,31H,5H2,1-4H3/b26-24+. The lowest BCUT2D eigenvalue weighted by Gasteiger charge is -2.26. The number of aliphatic hydroxyl groups excluding tert-OH is 1. The summed E-state index contributed by atoms with van der Waals surface area (Å²) in [6.45, 7) is 4.24. The molecule has 0 saturated carbocycles. The first kappa shape index (κ1) is 25.1. The predicted molar refractivity (Wildman–Crippen MR) is 138 cm³/mol. The zero-order chi connectivity index (χ0) is 26.0. The monoisotopic (exact) mass is 507 g/mol. The minimum Gasteiger partial charge on any atom is -0.507 e. The van der Waals surface area contributed by atoms with Crippen LogP contribution in [0.5, 0.6) is 17.2 Å². The SMILES string of the molecule is CCOc1cccc(C2/C(=C(\O)c3cc(Cl)c(OC)cc3OC)C(=O)C(=O)N2c2ccc(C)cc2)c1. The van der Waals surface area contributed by atoms with E-state index in [4.69, 9.17) is 25.8 Å². The second-order valence-corrected chi connectivity index (χ2v) is 8.60. The van der Waals surface area contributed by atoms with E-state index in [1.807, 2.05) is 26.0 Å². The Labute approximate surface area is 214 Å². The molecule has 0 bridgehead atoms. The highest BCUT2D eigenvalue weighted by Gasteiger charge is 2.47. The lowest BCUT2D eigenvalue weighted by Crippen LogP contribution is -2.29. The molecule has 7 nitrogen and oxygen atoms in total. The van der Waals surface area contributed by atoms with Crippen LogP contribution in [-0.4, -0.2) is 37.6 Å². The number of rotatable bonds is 7. The highest BCUT2D eigenvalue weighted by Crippen LogP contribution is 2.45. The molecular formula is C28H26ClNO6. The number of carbonyl (C=O) groups excluding carboxylic acids is 2. The number of aryl methyl sites for hydroxylation is 1. The Kier molecular flexibility index (Phi) is 7.22. The molecule has 0 aromatic heterocycles. The van der Waals surface area contributed by atoms with Gasteiger partial charge in [0.15, 0.2) is 0 Å². The van der Waals surface area contributed by atoms with Crippen LogP contribution in [0.15, 0.2) is 66.2 Å². The Hall–Kier alpha value is -3.97. The number of amides is 1. The molecule has 0 aliphatic carbocycles. The van der Waals surface area contributed by atoms with Gasteiger partial charge >= 0.3 is 0 Å². The van der Waals surface area contributed by atoms with E-state index in [0.29, 0.717) is 29.4 Å². The number of nitrogens with zero attached hydrogens (tertiary/aromatic N) is 1. The quantitative estimate of drug-likeness (QED) is 0.251. The van der Waals surface area contributed by atoms with E-state index < -0.39 is 23.5 Å². The van der Waals surface area contributed by atoms with Gasteiger partial charge < -0.3 is 19.3 Å². The molecule has 0 radical (unpaired) electrons. The summed E-state index contributed by atoms with van der Waals surface area (Å²) in [6, 6.07) is 16.4. The first-order chi connectivity index (χ1) is 17.3. The lowest BCUT2D eigenvalue weighted by atomic mass is 9.94. The number of benzene rings is 3. The number of anilines is 1. The van der Waals surface area contributed by atoms with Crippen molar-refractivity contribution in [2.75, 3.05) is 25.7 Å². The summed E-state index contributed by atoms with van der Waals surface area (Å²) in [6.07, 6.45) is 0. The second kappa shape index (κ2) is 10.3. The molecule has 1 N–H and O–H groups in total. The average molecular weight is 508 g/mol. The Balaban J connectivity index is 1.98. The third-order valence-electron chi connectivity index (χ3n) is 5.97. The normalized spacial score (nSPS) is 16.8. The largest absolute Gasteiger partial charge is 0.507 e. The van der Waals surface area contributed by atoms with Gasteiger partial charge in [-0.05, 0) is 49.7 Å². The van der Waals surface area contributed by atoms with Crippen LogP contribution < -0.4 is 19.1 Å². The molecule has 3 aromatic rings. The van der Waals surface area contributed by atoms with E-state index in [-0.39, 0.29) is 21.9 Å². The topological polar surface area (TPSA) is 85.3 Å². The van der Waals surface area contributed by atoms with Crippen LogP contribution in [-0.2, 0) is 9.59 Å². The van der Waals surface area contributed by atoms with Gasteiger partial charge in [-0.3, -0.25) is 14.5 Å². The van der Waals surface area contributed by atoms with Crippen molar-refractivity contribution in [3.63, 3.8) is 0 Å². The van der Waals surface area contributed by atoms with Gasteiger partial charge in [0.2, 0.25) is 0 Å². The summed E-state index contributed by atoms with van der Waals surface area (Å²) in [5.74, 6) is -0.839. The number of hydrogen-bond acceptors (Lipinski definition) is 6. The molecule has 8 heteroatoms. The van der Waals surface area contributed by atoms with E-state index in [2.05, 4.69) is 0 Å². The smallest absolute Gasteiger partial charge is 0.300 e. The fourth-order valence-corrected chi connectivity index (χ4v) is 4.49. The molecule has 3 aromatic carbocycles. The Morgan fingerprint density at radius 1 is 1.00 bits per heavy atom. The van der Waals surface area contributed by atoms with E-state index in [0.717, 1.165) is 5.56 Å². The zero-order valence-electron chi connectivity index (χ0n) is 20.4. The molecule has 1 atom stereocenters. The number of ketones is 1. The zero-order valence-corrected chi connectivity index (χ0v) is 21.1. The number of aliphatic hydroxyl groups is 1. The van der Waals surface area contributed by atoms with Crippen LogP contribution in [0.3, 0.4) is 0 Å². The van der Waals surface area contributed by atoms with Crippen molar-refractivity contribution in [2.45, 2.75) is 19.9 Å². The predicted octanol–water partition coefficient (Wildman–Crippen LogP) is 5.69. The molecule has 1 heterocycles. The fourth-order valence-electron chi connectivity index (χ4n) is 4.25. The molecular weight excluding hydrogens is 482 g/mol. The van der Waals surface area contributed by atoms with Crippen LogP contribution >= 0.6 is 11.6 Å². The first-order valence-corrected chi connectivity index (χ1v) is 11.7. The van der Waals surface area contributed by atoms with Crippen molar-refractivity contribution in [1.29, 1.82) is 0 Å². The van der Waals surface area contributed by atoms with Gasteiger partial charge in [-0.15, -0.1) is 0 Å². The number of ether oxygens (including phenoxy) is 3. The third kappa shape index (κ3) is 4.50. The molecule has 0 spiro atoms. The van der Waals surface area contributed by atoms with Gasteiger partial charge in [-0.2, -0.15) is 0 Å². The summed E-state index contributed by atoms with van der Waals surface area (Å²) < 4.78 is 16.3. The van der Waals surface area contributed by atoms with Crippen LogP contribution in [0.2, 0.25) is 5.02 Å². The molecule has 1 fully saturated rings. The van der Waals surface area contributed by atoms with E-state index in [9.17, 15) is 14.7 Å². The van der Waals surface area contributed by atoms with Crippen molar-refractivity contribution in [3.05, 3.63) is 87.9 Å². The van der Waals surface area contributed by atoms with E-state index >= 15 is 0 Å². The molecule has 4 rings (SSSR count). The van der Waals surface area contributed by atoms with Crippen LogP contribution in [0.25, 0.3) is 5.76 Å². The molecule has 1 aliphatic heterocycles. The van der Waals surface area contributed by atoms with Gasteiger partial charge in [0.05, 0.1) is 43.0 Å². The highest BCUT2D eigenvalue weighted by atomic mass is 35.5.